The first kappa shape index (κ1) is 22.5. The minimum atomic E-state index is -1.88. The van der Waals surface area contributed by atoms with E-state index in [-0.39, 0.29) is 15.9 Å². The van der Waals surface area contributed by atoms with Crippen LogP contribution < -0.4 is 0 Å². The number of hydrogen-bond acceptors (Lipinski definition) is 3. The first-order valence-electron chi connectivity index (χ1n) is 12.2. The number of fused-ring (bicyclic) bond motifs is 5. The summed E-state index contributed by atoms with van der Waals surface area (Å²) in [5.74, 6) is 2.57. The average Bonchev–Trinajstić information content (AvgIpc) is 2.95. The van der Waals surface area contributed by atoms with Crippen LogP contribution in [-0.4, -0.2) is 26.5 Å². The van der Waals surface area contributed by atoms with Gasteiger partial charge in [0.15, 0.2) is 8.32 Å². The number of carbonyl (C=O) groups is 2. The number of hydrogen-bond donors (Lipinski definition) is 0. The molecule has 0 aromatic rings. The quantitative estimate of drug-likeness (QED) is 0.380. The van der Waals surface area contributed by atoms with Crippen LogP contribution in [0.3, 0.4) is 0 Å². The lowest BCUT2D eigenvalue weighted by molar-refractivity contribution is -0.133. The summed E-state index contributed by atoms with van der Waals surface area (Å²) in [5, 5.41) is 0.185. The molecule has 0 aliphatic heterocycles. The van der Waals surface area contributed by atoms with Gasteiger partial charge in [0, 0.05) is 36.7 Å². The molecule has 3 saturated carbocycles. The summed E-state index contributed by atoms with van der Waals surface area (Å²) in [6.07, 6.45) is 7.35. The zero-order valence-electron chi connectivity index (χ0n) is 20.3. The molecule has 0 radical (unpaired) electrons. The molecular formula is C26H42O3Si. The third-order valence-corrected chi connectivity index (χ3v) is 14.7. The normalized spacial score (nSPS) is 39.6. The molecule has 4 aliphatic carbocycles. The lowest BCUT2D eigenvalue weighted by atomic mass is 9.46. The second-order valence-electron chi connectivity index (χ2n) is 12.7. The molecule has 4 heteroatoms. The van der Waals surface area contributed by atoms with Crippen molar-refractivity contribution in [1.29, 1.82) is 0 Å². The Labute approximate surface area is 184 Å². The molecule has 0 unspecified atom stereocenters. The lowest BCUT2D eigenvalue weighted by Crippen LogP contribution is -2.55. The number of allylic oxidation sites excluding steroid dienone is 1. The number of carbonyl (C=O) groups excluding carboxylic acids is 2. The number of ketones is 2. The molecule has 5 atom stereocenters. The van der Waals surface area contributed by atoms with Crippen molar-refractivity contribution in [3.63, 3.8) is 0 Å². The molecule has 0 N–H and O–H groups in total. The van der Waals surface area contributed by atoms with Gasteiger partial charge in [0.05, 0.1) is 0 Å². The summed E-state index contributed by atoms with van der Waals surface area (Å²) in [4.78, 5) is 25.3. The van der Waals surface area contributed by atoms with Gasteiger partial charge in [-0.3, -0.25) is 9.59 Å². The molecule has 0 aromatic carbocycles. The Balaban J connectivity index is 1.73. The van der Waals surface area contributed by atoms with E-state index in [9.17, 15) is 9.59 Å². The molecule has 3 fully saturated rings. The Hall–Kier alpha value is -0.743. The van der Waals surface area contributed by atoms with Crippen molar-refractivity contribution in [1.82, 2.24) is 0 Å². The highest BCUT2D eigenvalue weighted by Crippen LogP contribution is 2.65. The molecular weight excluding hydrogens is 388 g/mol. The molecule has 30 heavy (non-hydrogen) atoms. The van der Waals surface area contributed by atoms with Gasteiger partial charge in [0.25, 0.3) is 0 Å². The molecule has 0 spiro atoms. The van der Waals surface area contributed by atoms with Crippen LogP contribution in [0.2, 0.25) is 18.1 Å². The molecule has 0 bridgehead atoms. The zero-order valence-corrected chi connectivity index (χ0v) is 21.3. The van der Waals surface area contributed by atoms with Crippen molar-refractivity contribution in [3.05, 3.63) is 11.1 Å². The minimum Gasteiger partial charge on any atom is -0.416 e. The fourth-order valence-electron chi connectivity index (χ4n) is 7.26. The second-order valence-corrected chi connectivity index (χ2v) is 17.5. The maximum atomic E-state index is 12.8. The summed E-state index contributed by atoms with van der Waals surface area (Å²) >= 11 is 0. The zero-order chi connectivity index (χ0) is 22.1. The first-order chi connectivity index (χ1) is 13.8. The van der Waals surface area contributed by atoms with Crippen molar-refractivity contribution in [2.24, 2.45) is 28.6 Å². The summed E-state index contributed by atoms with van der Waals surface area (Å²) in [5.41, 5.74) is 2.77. The van der Waals surface area contributed by atoms with Crippen LogP contribution in [0.15, 0.2) is 11.1 Å². The summed E-state index contributed by atoms with van der Waals surface area (Å²) in [6.45, 7) is 16.9. The Bertz CT molecular complexity index is 789. The monoisotopic (exact) mass is 430 g/mol. The van der Waals surface area contributed by atoms with Gasteiger partial charge in [-0.15, -0.1) is 0 Å². The Morgan fingerprint density at radius 1 is 1.07 bits per heavy atom. The maximum absolute atomic E-state index is 12.8. The van der Waals surface area contributed by atoms with Crippen molar-refractivity contribution >= 4 is 19.9 Å². The average molecular weight is 431 g/mol. The van der Waals surface area contributed by atoms with E-state index in [1.54, 1.807) is 0 Å². The van der Waals surface area contributed by atoms with Crippen LogP contribution in [0, 0.1) is 28.6 Å². The van der Waals surface area contributed by atoms with Crippen LogP contribution in [-0.2, 0) is 14.0 Å². The largest absolute Gasteiger partial charge is 0.416 e. The van der Waals surface area contributed by atoms with Gasteiger partial charge in [-0.05, 0) is 74.9 Å². The Kier molecular flexibility index (Phi) is 5.34. The standard InChI is InChI=1S/C26H42O3Si/c1-17-14-19-20-8-9-23(28)25(20,5)12-11-21(19)26(13-10-18(27)15-22(17)26)16-29-30(6,7)24(2,3)4/h19-21H,8-16H2,1-7H3/t19-,20-,21+,25-,26-/m0/s1. The summed E-state index contributed by atoms with van der Waals surface area (Å²) in [7, 11) is -1.88. The van der Waals surface area contributed by atoms with Crippen LogP contribution in [0.1, 0.15) is 86.0 Å². The SMILES string of the molecule is CC1=C2CC(=O)CC[C@]2(CO[Si](C)(C)C(C)(C)C)[C@@H]2CC[C@]3(C)C(=O)CC[C@H]3[C@@H]2C1. The Morgan fingerprint density at radius 2 is 1.77 bits per heavy atom. The van der Waals surface area contributed by atoms with Crippen molar-refractivity contribution in [3.8, 4) is 0 Å². The maximum Gasteiger partial charge on any atom is 0.192 e. The van der Waals surface area contributed by atoms with E-state index in [2.05, 4.69) is 47.7 Å². The fraction of sp³-hybridized carbons (Fsp3) is 0.846. The molecule has 0 amide bonds. The van der Waals surface area contributed by atoms with Gasteiger partial charge in [0.1, 0.15) is 11.6 Å². The van der Waals surface area contributed by atoms with E-state index in [4.69, 9.17) is 4.43 Å². The van der Waals surface area contributed by atoms with E-state index in [1.807, 2.05) is 0 Å². The minimum absolute atomic E-state index is 0.0173. The van der Waals surface area contributed by atoms with Crippen molar-refractivity contribution in [2.45, 2.75) is 104 Å². The van der Waals surface area contributed by atoms with E-state index in [0.717, 1.165) is 45.1 Å². The van der Waals surface area contributed by atoms with Crippen LogP contribution >= 0.6 is 0 Å². The number of rotatable bonds is 3. The molecule has 168 valence electrons. The van der Waals surface area contributed by atoms with Gasteiger partial charge < -0.3 is 4.43 Å². The smallest absolute Gasteiger partial charge is 0.192 e. The first-order valence-corrected chi connectivity index (χ1v) is 15.1. The van der Waals surface area contributed by atoms with Crippen molar-refractivity contribution < 1.29 is 14.0 Å². The van der Waals surface area contributed by atoms with Gasteiger partial charge >= 0.3 is 0 Å². The van der Waals surface area contributed by atoms with Crippen molar-refractivity contribution in [2.75, 3.05) is 6.61 Å². The third kappa shape index (κ3) is 3.23. The number of Topliss-reactive ketones (excluding diaryl/α,β-unsaturated/α-hetero) is 2. The van der Waals surface area contributed by atoms with Crippen LogP contribution in [0.4, 0.5) is 0 Å². The second kappa shape index (κ2) is 7.13. The molecule has 3 nitrogen and oxygen atoms in total. The fourth-order valence-corrected chi connectivity index (χ4v) is 8.31. The van der Waals surface area contributed by atoms with Gasteiger partial charge in [-0.2, -0.15) is 0 Å². The highest BCUT2D eigenvalue weighted by molar-refractivity contribution is 6.74. The highest BCUT2D eigenvalue weighted by atomic mass is 28.4. The third-order valence-electron chi connectivity index (χ3n) is 10.2. The van der Waals surface area contributed by atoms with E-state index in [1.165, 1.54) is 11.1 Å². The van der Waals surface area contributed by atoms with Gasteiger partial charge in [-0.1, -0.05) is 38.8 Å². The summed E-state index contributed by atoms with van der Waals surface area (Å²) in [6, 6.07) is 0. The molecule has 0 aromatic heterocycles. The molecule has 0 saturated heterocycles. The lowest BCUT2D eigenvalue weighted by Gasteiger charge is -2.58. The van der Waals surface area contributed by atoms with Crippen LogP contribution in [0.25, 0.3) is 0 Å². The highest BCUT2D eigenvalue weighted by Gasteiger charge is 2.61. The Morgan fingerprint density at radius 3 is 2.43 bits per heavy atom. The van der Waals surface area contributed by atoms with Gasteiger partial charge in [0.2, 0.25) is 0 Å². The predicted molar refractivity (Wildman–Crippen MR) is 124 cm³/mol. The van der Waals surface area contributed by atoms with E-state index < -0.39 is 8.32 Å². The van der Waals surface area contributed by atoms with Crippen LogP contribution in [0.5, 0.6) is 0 Å². The van der Waals surface area contributed by atoms with Gasteiger partial charge in [-0.25, -0.2) is 0 Å². The molecule has 4 rings (SSSR count). The molecule has 4 aliphatic rings. The predicted octanol–water partition coefficient (Wildman–Crippen LogP) is 6.48. The molecule has 0 heterocycles. The topological polar surface area (TPSA) is 43.4 Å². The van der Waals surface area contributed by atoms with E-state index in [0.29, 0.717) is 42.2 Å². The van der Waals surface area contributed by atoms with E-state index >= 15 is 0 Å². The summed E-state index contributed by atoms with van der Waals surface area (Å²) < 4.78 is 6.91.